The second-order valence-electron chi connectivity index (χ2n) is 4.29. The Bertz CT molecular complexity index is 611. The predicted octanol–water partition coefficient (Wildman–Crippen LogP) is 3.93. The first-order valence-corrected chi connectivity index (χ1v) is 6.71. The highest BCUT2D eigenvalue weighted by molar-refractivity contribution is 6.33. The van der Waals surface area contributed by atoms with E-state index in [1.165, 1.54) is 6.07 Å². The molecule has 1 heterocycles. The van der Waals surface area contributed by atoms with Crippen molar-refractivity contribution >= 4 is 28.9 Å². The SMILES string of the molecule is CCc1nc(NC)c(C)c(Nc2c(F)cccc2Cl)n1. The summed E-state index contributed by atoms with van der Waals surface area (Å²) in [4.78, 5) is 8.76. The summed E-state index contributed by atoms with van der Waals surface area (Å²) in [5.74, 6) is 1.52. The summed E-state index contributed by atoms with van der Waals surface area (Å²) in [5, 5.41) is 6.28. The summed E-state index contributed by atoms with van der Waals surface area (Å²) in [6, 6.07) is 4.54. The number of aromatic nitrogens is 2. The van der Waals surface area contributed by atoms with Gasteiger partial charge in [0.2, 0.25) is 0 Å². The van der Waals surface area contributed by atoms with E-state index in [2.05, 4.69) is 20.6 Å². The molecule has 0 spiro atoms. The maximum absolute atomic E-state index is 13.8. The van der Waals surface area contributed by atoms with Crippen LogP contribution >= 0.6 is 11.6 Å². The van der Waals surface area contributed by atoms with Gasteiger partial charge in [0.25, 0.3) is 0 Å². The van der Waals surface area contributed by atoms with Gasteiger partial charge in [0, 0.05) is 19.0 Å². The largest absolute Gasteiger partial charge is 0.373 e. The third-order valence-electron chi connectivity index (χ3n) is 2.95. The molecule has 2 N–H and O–H groups in total. The van der Waals surface area contributed by atoms with E-state index in [1.807, 2.05) is 13.8 Å². The molecule has 106 valence electrons. The van der Waals surface area contributed by atoms with Crippen molar-refractivity contribution in [3.8, 4) is 0 Å². The van der Waals surface area contributed by atoms with E-state index < -0.39 is 5.82 Å². The zero-order valence-electron chi connectivity index (χ0n) is 11.6. The van der Waals surface area contributed by atoms with Crippen LogP contribution in [0.4, 0.5) is 21.7 Å². The molecular formula is C14H16ClFN4. The van der Waals surface area contributed by atoms with Crippen molar-refractivity contribution in [3.63, 3.8) is 0 Å². The van der Waals surface area contributed by atoms with Gasteiger partial charge in [-0.25, -0.2) is 14.4 Å². The molecule has 1 aromatic carbocycles. The van der Waals surface area contributed by atoms with Crippen molar-refractivity contribution in [2.75, 3.05) is 17.7 Å². The Balaban J connectivity index is 2.48. The van der Waals surface area contributed by atoms with Gasteiger partial charge in [-0.2, -0.15) is 0 Å². The first kappa shape index (κ1) is 14.5. The number of rotatable bonds is 4. The minimum absolute atomic E-state index is 0.222. The summed E-state index contributed by atoms with van der Waals surface area (Å²) >= 11 is 6.02. The summed E-state index contributed by atoms with van der Waals surface area (Å²) < 4.78 is 13.8. The van der Waals surface area contributed by atoms with Gasteiger partial charge >= 0.3 is 0 Å². The first-order chi connectivity index (χ1) is 9.56. The van der Waals surface area contributed by atoms with Crippen LogP contribution in [-0.4, -0.2) is 17.0 Å². The molecule has 2 rings (SSSR count). The molecule has 0 aliphatic carbocycles. The smallest absolute Gasteiger partial charge is 0.148 e. The fourth-order valence-corrected chi connectivity index (χ4v) is 2.03. The zero-order valence-corrected chi connectivity index (χ0v) is 12.3. The third kappa shape index (κ3) is 2.82. The molecule has 20 heavy (non-hydrogen) atoms. The van der Waals surface area contributed by atoms with Crippen molar-refractivity contribution in [1.82, 2.24) is 9.97 Å². The molecule has 0 atom stereocenters. The standard InChI is InChI=1S/C14H16ClFN4/c1-4-11-18-13(17-3)8(2)14(19-11)20-12-9(15)6-5-7-10(12)16/h5-7H,4H2,1-3H3,(H2,17,18,19,20). The van der Waals surface area contributed by atoms with E-state index in [0.29, 0.717) is 28.9 Å². The Morgan fingerprint density at radius 3 is 2.55 bits per heavy atom. The average molecular weight is 295 g/mol. The fraction of sp³-hybridized carbons (Fsp3) is 0.286. The molecule has 0 saturated carbocycles. The number of benzene rings is 1. The van der Waals surface area contributed by atoms with Crippen LogP contribution in [0.2, 0.25) is 5.02 Å². The molecule has 6 heteroatoms. The second kappa shape index (κ2) is 6.05. The number of halogens is 2. The Morgan fingerprint density at radius 2 is 1.95 bits per heavy atom. The van der Waals surface area contributed by atoms with Gasteiger partial charge < -0.3 is 10.6 Å². The van der Waals surface area contributed by atoms with Crippen LogP contribution in [0.25, 0.3) is 0 Å². The number of para-hydroxylation sites is 1. The average Bonchev–Trinajstić information content (AvgIpc) is 2.44. The van der Waals surface area contributed by atoms with Gasteiger partial charge in [-0.15, -0.1) is 0 Å². The summed E-state index contributed by atoms with van der Waals surface area (Å²) in [5.41, 5.74) is 1.03. The van der Waals surface area contributed by atoms with Crippen molar-refractivity contribution < 1.29 is 4.39 Å². The molecule has 0 radical (unpaired) electrons. The maximum atomic E-state index is 13.8. The third-order valence-corrected chi connectivity index (χ3v) is 3.27. The van der Waals surface area contributed by atoms with Crippen LogP contribution in [0.1, 0.15) is 18.3 Å². The fourth-order valence-electron chi connectivity index (χ4n) is 1.82. The number of hydrogen-bond acceptors (Lipinski definition) is 4. The van der Waals surface area contributed by atoms with Crippen molar-refractivity contribution in [2.45, 2.75) is 20.3 Å². The van der Waals surface area contributed by atoms with Gasteiger partial charge in [0.05, 0.1) is 10.7 Å². The molecule has 0 bridgehead atoms. The van der Waals surface area contributed by atoms with Gasteiger partial charge in [0.1, 0.15) is 23.3 Å². The lowest BCUT2D eigenvalue weighted by Gasteiger charge is -2.14. The van der Waals surface area contributed by atoms with E-state index in [1.54, 1.807) is 19.2 Å². The Morgan fingerprint density at radius 1 is 1.25 bits per heavy atom. The Hall–Kier alpha value is -1.88. The normalized spacial score (nSPS) is 10.4. The minimum atomic E-state index is -0.417. The molecular weight excluding hydrogens is 279 g/mol. The van der Waals surface area contributed by atoms with E-state index in [-0.39, 0.29) is 5.69 Å². The highest BCUT2D eigenvalue weighted by Crippen LogP contribution is 2.30. The number of aryl methyl sites for hydroxylation is 1. The summed E-state index contributed by atoms with van der Waals surface area (Å²) in [7, 11) is 1.79. The summed E-state index contributed by atoms with van der Waals surface area (Å²) in [6.07, 6.45) is 0.689. The number of anilines is 3. The Labute approximate surface area is 122 Å². The lowest BCUT2D eigenvalue weighted by molar-refractivity contribution is 0.632. The zero-order chi connectivity index (χ0) is 14.7. The predicted molar refractivity (Wildman–Crippen MR) is 80.4 cm³/mol. The molecule has 0 fully saturated rings. The first-order valence-electron chi connectivity index (χ1n) is 6.33. The van der Waals surface area contributed by atoms with Crippen LogP contribution in [0.15, 0.2) is 18.2 Å². The highest BCUT2D eigenvalue weighted by Gasteiger charge is 2.13. The molecule has 0 aliphatic rings. The van der Waals surface area contributed by atoms with Crippen LogP contribution in [0, 0.1) is 12.7 Å². The minimum Gasteiger partial charge on any atom is -0.373 e. The molecule has 4 nitrogen and oxygen atoms in total. The van der Waals surface area contributed by atoms with E-state index in [9.17, 15) is 4.39 Å². The van der Waals surface area contributed by atoms with Crippen LogP contribution in [0.3, 0.4) is 0 Å². The molecule has 0 saturated heterocycles. The highest BCUT2D eigenvalue weighted by atomic mass is 35.5. The number of nitrogens with zero attached hydrogens (tertiary/aromatic N) is 2. The van der Waals surface area contributed by atoms with Gasteiger partial charge in [-0.1, -0.05) is 24.6 Å². The molecule has 1 aromatic heterocycles. The molecule has 2 aromatic rings. The number of hydrogen-bond donors (Lipinski definition) is 2. The van der Waals surface area contributed by atoms with Crippen molar-refractivity contribution in [3.05, 3.63) is 40.4 Å². The van der Waals surface area contributed by atoms with Gasteiger partial charge in [-0.3, -0.25) is 0 Å². The Kier molecular flexibility index (Phi) is 4.39. The molecule has 0 aliphatic heterocycles. The summed E-state index contributed by atoms with van der Waals surface area (Å²) in [6.45, 7) is 3.83. The lowest BCUT2D eigenvalue weighted by Crippen LogP contribution is -2.07. The van der Waals surface area contributed by atoms with Crippen LogP contribution < -0.4 is 10.6 Å². The van der Waals surface area contributed by atoms with E-state index in [0.717, 1.165) is 5.56 Å². The quantitative estimate of drug-likeness (QED) is 0.897. The second-order valence-corrected chi connectivity index (χ2v) is 4.69. The molecule has 0 unspecified atom stereocenters. The van der Waals surface area contributed by atoms with Crippen LogP contribution in [-0.2, 0) is 6.42 Å². The molecule has 0 amide bonds. The van der Waals surface area contributed by atoms with Crippen LogP contribution in [0.5, 0.6) is 0 Å². The van der Waals surface area contributed by atoms with E-state index >= 15 is 0 Å². The maximum Gasteiger partial charge on any atom is 0.148 e. The van der Waals surface area contributed by atoms with Gasteiger partial charge in [0.15, 0.2) is 0 Å². The lowest BCUT2D eigenvalue weighted by atomic mass is 10.2. The van der Waals surface area contributed by atoms with E-state index in [4.69, 9.17) is 11.6 Å². The monoisotopic (exact) mass is 294 g/mol. The van der Waals surface area contributed by atoms with Crippen molar-refractivity contribution in [1.29, 1.82) is 0 Å². The van der Waals surface area contributed by atoms with Gasteiger partial charge in [-0.05, 0) is 19.1 Å². The number of nitrogens with one attached hydrogen (secondary N) is 2. The van der Waals surface area contributed by atoms with Crippen molar-refractivity contribution in [2.24, 2.45) is 0 Å². The topological polar surface area (TPSA) is 49.8 Å².